The predicted molar refractivity (Wildman–Crippen MR) is 92.1 cm³/mol. The summed E-state index contributed by atoms with van der Waals surface area (Å²) in [5, 5.41) is 4.66. The van der Waals surface area contributed by atoms with Gasteiger partial charge in [0.05, 0.1) is 0 Å². The van der Waals surface area contributed by atoms with Crippen LogP contribution in [0.25, 0.3) is 0 Å². The maximum atomic E-state index is 6.09. The van der Waals surface area contributed by atoms with E-state index in [9.17, 15) is 0 Å². The largest absolute Gasteiger partial charge is 0.308 e. The molecule has 0 aromatic heterocycles. The van der Waals surface area contributed by atoms with E-state index in [1.165, 1.54) is 30.4 Å². The van der Waals surface area contributed by atoms with Gasteiger partial charge in [-0.3, -0.25) is 0 Å². The van der Waals surface area contributed by atoms with Gasteiger partial charge in [-0.15, -0.1) is 0 Å². The number of hydrogen-bond acceptors (Lipinski definition) is 2. The molecule has 0 bridgehead atoms. The molecule has 0 heterocycles. The molecule has 0 amide bonds. The van der Waals surface area contributed by atoms with E-state index in [4.69, 9.17) is 11.6 Å². The van der Waals surface area contributed by atoms with Crippen LogP contribution in [0.4, 0.5) is 0 Å². The van der Waals surface area contributed by atoms with E-state index in [0.29, 0.717) is 12.1 Å². The summed E-state index contributed by atoms with van der Waals surface area (Å²) in [4.78, 5) is 2.38. The average molecular weight is 309 g/mol. The first-order valence-corrected chi connectivity index (χ1v) is 8.62. The van der Waals surface area contributed by atoms with Crippen LogP contribution in [0.2, 0.25) is 5.02 Å². The topological polar surface area (TPSA) is 15.3 Å². The highest BCUT2D eigenvalue weighted by Gasteiger charge is 2.25. The van der Waals surface area contributed by atoms with Gasteiger partial charge in [0.25, 0.3) is 0 Å². The summed E-state index contributed by atoms with van der Waals surface area (Å²) in [6.45, 7) is 5.67. The van der Waals surface area contributed by atoms with Crippen molar-refractivity contribution in [2.45, 2.75) is 51.6 Å². The zero-order valence-electron chi connectivity index (χ0n) is 13.8. The molecular weight excluding hydrogens is 280 g/mol. The van der Waals surface area contributed by atoms with Gasteiger partial charge in [-0.1, -0.05) is 44.4 Å². The maximum Gasteiger partial charge on any atom is 0.0408 e. The fourth-order valence-corrected chi connectivity index (χ4v) is 3.86. The molecule has 2 unspecified atom stereocenters. The van der Waals surface area contributed by atoms with E-state index in [1.807, 2.05) is 6.07 Å². The van der Waals surface area contributed by atoms with Crippen LogP contribution in [0.1, 0.15) is 50.3 Å². The summed E-state index contributed by atoms with van der Waals surface area (Å²) in [7, 11) is 4.40. The first-order chi connectivity index (χ1) is 10.1. The van der Waals surface area contributed by atoms with Crippen LogP contribution in [-0.2, 0) is 6.42 Å². The fourth-order valence-electron chi connectivity index (χ4n) is 3.66. The number of likely N-dealkylation sites (N-methyl/N-ethyl adjacent to an activating group) is 1. The monoisotopic (exact) mass is 308 g/mol. The Balaban J connectivity index is 2.00. The van der Waals surface area contributed by atoms with Crippen LogP contribution < -0.4 is 5.32 Å². The van der Waals surface area contributed by atoms with Crippen molar-refractivity contribution in [1.82, 2.24) is 10.2 Å². The SMILES string of the molecule is CCC(CC)C(CNC1CCc2cc(Cl)ccc21)N(C)C. The zero-order chi connectivity index (χ0) is 15.4. The van der Waals surface area contributed by atoms with Gasteiger partial charge in [-0.05, 0) is 56.1 Å². The number of fused-ring (bicyclic) bond motifs is 1. The fraction of sp³-hybridized carbons (Fsp3) is 0.667. The van der Waals surface area contributed by atoms with Crippen molar-refractivity contribution in [3.8, 4) is 0 Å². The highest BCUT2D eigenvalue weighted by molar-refractivity contribution is 6.30. The Morgan fingerprint density at radius 3 is 2.62 bits per heavy atom. The molecule has 2 nitrogen and oxygen atoms in total. The molecule has 0 radical (unpaired) electrons. The number of aryl methyl sites for hydroxylation is 1. The normalized spacial score (nSPS) is 19.3. The van der Waals surface area contributed by atoms with Crippen molar-refractivity contribution >= 4 is 11.6 Å². The quantitative estimate of drug-likeness (QED) is 0.808. The molecule has 21 heavy (non-hydrogen) atoms. The predicted octanol–water partition coefficient (Wildman–Crippen LogP) is 4.28. The van der Waals surface area contributed by atoms with Crippen LogP contribution in [0.3, 0.4) is 0 Å². The first kappa shape index (κ1) is 16.8. The number of benzene rings is 1. The molecular formula is C18H29ClN2. The molecule has 1 aromatic carbocycles. The lowest BCUT2D eigenvalue weighted by Gasteiger charge is -2.32. The van der Waals surface area contributed by atoms with Gasteiger partial charge in [0.1, 0.15) is 0 Å². The smallest absolute Gasteiger partial charge is 0.0408 e. The highest BCUT2D eigenvalue weighted by atomic mass is 35.5. The van der Waals surface area contributed by atoms with Crippen molar-refractivity contribution in [2.75, 3.05) is 20.6 Å². The van der Waals surface area contributed by atoms with Crippen LogP contribution in [0.5, 0.6) is 0 Å². The third-order valence-electron chi connectivity index (χ3n) is 5.01. The van der Waals surface area contributed by atoms with Crippen molar-refractivity contribution in [3.63, 3.8) is 0 Å². The summed E-state index contributed by atoms with van der Waals surface area (Å²) in [6, 6.07) is 7.45. The molecule has 0 saturated heterocycles. The van der Waals surface area contributed by atoms with Gasteiger partial charge in [0, 0.05) is 23.7 Å². The third-order valence-corrected chi connectivity index (χ3v) is 5.25. The number of nitrogens with zero attached hydrogens (tertiary/aromatic N) is 1. The Bertz CT molecular complexity index is 455. The molecule has 0 saturated carbocycles. The van der Waals surface area contributed by atoms with E-state index in [-0.39, 0.29) is 0 Å². The summed E-state index contributed by atoms with van der Waals surface area (Å²) < 4.78 is 0. The number of rotatable bonds is 7. The minimum absolute atomic E-state index is 0.495. The van der Waals surface area contributed by atoms with E-state index in [2.05, 4.69) is 50.3 Å². The van der Waals surface area contributed by atoms with Crippen LogP contribution in [0.15, 0.2) is 18.2 Å². The second-order valence-electron chi connectivity index (χ2n) is 6.45. The number of nitrogens with one attached hydrogen (secondary N) is 1. The lowest BCUT2D eigenvalue weighted by Crippen LogP contribution is -2.43. The van der Waals surface area contributed by atoms with Gasteiger partial charge >= 0.3 is 0 Å². The van der Waals surface area contributed by atoms with Crippen LogP contribution in [0, 0.1) is 5.92 Å². The minimum Gasteiger partial charge on any atom is -0.308 e. The van der Waals surface area contributed by atoms with E-state index < -0.39 is 0 Å². The highest BCUT2D eigenvalue weighted by Crippen LogP contribution is 2.33. The average Bonchev–Trinajstić information content (AvgIpc) is 2.85. The molecule has 1 aliphatic rings. The molecule has 118 valence electrons. The number of hydrogen-bond donors (Lipinski definition) is 1. The lowest BCUT2D eigenvalue weighted by molar-refractivity contribution is 0.189. The van der Waals surface area contributed by atoms with Crippen molar-refractivity contribution in [3.05, 3.63) is 34.3 Å². The summed E-state index contributed by atoms with van der Waals surface area (Å²) in [5.74, 6) is 0.763. The molecule has 2 rings (SSSR count). The summed E-state index contributed by atoms with van der Waals surface area (Å²) >= 11 is 6.09. The Morgan fingerprint density at radius 1 is 1.29 bits per heavy atom. The number of halogens is 1. The van der Waals surface area contributed by atoms with Gasteiger partial charge < -0.3 is 10.2 Å². The second kappa shape index (κ2) is 7.62. The third kappa shape index (κ3) is 4.00. The molecule has 1 aromatic rings. The summed E-state index contributed by atoms with van der Waals surface area (Å²) in [6.07, 6.45) is 4.83. The van der Waals surface area contributed by atoms with Gasteiger partial charge in [0.2, 0.25) is 0 Å². The van der Waals surface area contributed by atoms with E-state index in [1.54, 1.807) is 0 Å². The Hall–Kier alpha value is -0.570. The Labute approximate surface area is 134 Å². The van der Waals surface area contributed by atoms with Crippen molar-refractivity contribution in [2.24, 2.45) is 5.92 Å². The molecule has 0 fully saturated rings. The van der Waals surface area contributed by atoms with E-state index in [0.717, 1.165) is 23.9 Å². The Morgan fingerprint density at radius 2 is 2.00 bits per heavy atom. The van der Waals surface area contributed by atoms with Crippen LogP contribution >= 0.6 is 11.6 Å². The maximum absolute atomic E-state index is 6.09. The molecule has 3 heteroatoms. The van der Waals surface area contributed by atoms with Crippen molar-refractivity contribution in [1.29, 1.82) is 0 Å². The molecule has 2 atom stereocenters. The molecule has 0 aliphatic heterocycles. The van der Waals surface area contributed by atoms with Gasteiger partial charge in [-0.2, -0.15) is 0 Å². The Kier molecular flexibility index (Phi) is 6.09. The van der Waals surface area contributed by atoms with Gasteiger partial charge in [0.15, 0.2) is 0 Å². The second-order valence-corrected chi connectivity index (χ2v) is 6.89. The van der Waals surface area contributed by atoms with Crippen LogP contribution in [-0.4, -0.2) is 31.6 Å². The first-order valence-electron chi connectivity index (χ1n) is 8.24. The van der Waals surface area contributed by atoms with Crippen molar-refractivity contribution < 1.29 is 0 Å². The zero-order valence-corrected chi connectivity index (χ0v) is 14.6. The lowest BCUT2D eigenvalue weighted by atomic mass is 9.93. The summed E-state index contributed by atoms with van der Waals surface area (Å²) in [5.41, 5.74) is 2.87. The standard InChI is InChI=1S/C18H29ClN2/c1-5-13(6-2)18(21(3)4)12-20-17-10-7-14-11-15(19)8-9-16(14)17/h8-9,11,13,17-18,20H,5-7,10,12H2,1-4H3. The minimum atomic E-state index is 0.495. The van der Waals surface area contributed by atoms with Gasteiger partial charge in [-0.25, -0.2) is 0 Å². The molecule has 0 spiro atoms. The molecule has 1 aliphatic carbocycles. The molecule has 1 N–H and O–H groups in total. The van der Waals surface area contributed by atoms with E-state index >= 15 is 0 Å².